The summed E-state index contributed by atoms with van der Waals surface area (Å²) in [6, 6.07) is 8.40. The first-order valence-electron chi connectivity index (χ1n) is 11.7. The van der Waals surface area contributed by atoms with Gasteiger partial charge in [0.1, 0.15) is 5.01 Å². The molecule has 172 valence electrons. The first-order valence-corrected chi connectivity index (χ1v) is 12.5. The summed E-state index contributed by atoms with van der Waals surface area (Å²) in [6.07, 6.45) is 6.87. The van der Waals surface area contributed by atoms with Crippen molar-refractivity contribution in [2.75, 3.05) is 39.8 Å². The summed E-state index contributed by atoms with van der Waals surface area (Å²) in [5, 5.41) is 14.4. The molecule has 1 aromatic carbocycles. The quantitative estimate of drug-likeness (QED) is 0.491. The predicted molar refractivity (Wildman–Crippen MR) is 130 cm³/mol. The van der Waals surface area contributed by atoms with E-state index in [9.17, 15) is 4.79 Å². The first kappa shape index (κ1) is 22.9. The highest BCUT2D eigenvalue weighted by atomic mass is 32.1. The molecule has 1 unspecified atom stereocenters. The van der Waals surface area contributed by atoms with Gasteiger partial charge in [-0.05, 0) is 31.5 Å². The number of nitrogens with one attached hydrogen (secondary N) is 2. The highest BCUT2D eigenvalue weighted by Crippen LogP contribution is 2.21. The molecule has 8 heteroatoms. The van der Waals surface area contributed by atoms with Crippen LogP contribution in [0, 0.1) is 0 Å². The molecule has 4 rings (SSSR count). The lowest BCUT2D eigenvalue weighted by Gasteiger charge is -2.32. The van der Waals surface area contributed by atoms with E-state index >= 15 is 0 Å². The van der Waals surface area contributed by atoms with Gasteiger partial charge in [-0.1, -0.05) is 49.3 Å². The Hall–Kier alpha value is -2.29. The van der Waals surface area contributed by atoms with E-state index in [0.29, 0.717) is 5.01 Å². The lowest BCUT2D eigenvalue weighted by atomic mass is 10.0. The Morgan fingerprint density at radius 3 is 2.84 bits per heavy atom. The largest absolute Gasteiger partial charge is 0.361 e. The number of amides is 1. The van der Waals surface area contributed by atoms with E-state index in [4.69, 9.17) is 0 Å². The van der Waals surface area contributed by atoms with Crippen LogP contribution in [-0.4, -0.2) is 76.7 Å². The topological polar surface area (TPSA) is 77.1 Å². The number of H-pyrrole nitrogens is 1. The van der Waals surface area contributed by atoms with E-state index < -0.39 is 0 Å². The van der Waals surface area contributed by atoms with Gasteiger partial charge < -0.3 is 20.1 Å². The molecule has 1 amide bonds. The van der Waals surface area contributed by atoms with Crippen LogP contribution >= 0.6 is 11.3 Å². The van der Waals surface area contributed by atoms with E-state index in [2.05, 4.69) is 68.7 Å². The number of aromatic amines is 1. The SMILES string of the molecule is CCCCC(Cc1c[nH]c2ccccc12)NC(=O)c1nnc(CCN2CCN(C)CC2)s1. The molecule has 0 radical (unpaired) electrons. The van der Waals surface area contributed by atoms with Crippen LogP contribution in [0.2, 0.25) is 0 Å². The molecule has 1 aliphatic heterocycles. The van der Waals surface area contributed by atoms with Crippen LogP contribution < -0.4 is 5.32 Å². The molecule has 0 bridgehead atoms. The van der Waals surface area contributed by atoms with Crippen molar-refractivity contribution in [3.8, 4) is 0 Å². The standard InChI is InChI=1S/C24H34N6OS/c1-3-4-7-19(16-18-17-25-21-9-6-5-8-20(18)21)26-23(31)24-28-27-22(32-24)10-11-30-14-12-29(2)13-15-30/h5-6,8-9,17,19,25H,3-4,7,10-16H2,1-2H3,(H,26,31). The number of carbonyl (C=O) groups is 1. The number of hydrogen-bond donors (Lipinski definition) is 2. The fourth-order valence-corrected chi connectivity index (χ4v) is 4.99. The van der Waals surface area contributed by atoms with E-state index in [1.807, 2.05) is 6.07 Å². The van der Waals surface area contributed by atoms with Crippen LogP contribution in [0.4, 0.5) is 0 Å². The zero-order valence-electron chi connectivity index (χ0n) is 19.1. The maximum atomic E-state index is 12.9. The zero-order valence-corrected chi connectivity index (χ0v) is 20.0. The second kappa shape index (κ2) is 11.0. The molecule has 0 spiro atoms. The molecule has 3 heterocycles. The van der Waals surface area contributed by atoms with Crippen molar-refractivity contribution in [1.29, 1.82) is 0 Å². The maximum Gasteiger partial charge on any atom is 0.282 e. The minimum atomic E-state index is -0.103. The summed E-state index contributed by atoms with van der Waals surface area (Å²) in [7, 11) is 2.17. The van der Waals surface area contributed by atoms with Crippen molar-refractivity contribution in [2.24, 2.45) is 0 Å². The summed E-state index contributed by atoms with van der Waals surface area (Å²) in [6.45, 7) is 7.57. The number of fused-ring (bicyclic) bond motifs is 1. The zero-order chi connectivity index (χ0) is 22.3. The van der Waals surface area contributed by atoms with Gasteiger partial charge >= 0.3 is 0 Å². The van der Waals surface area contributed by atoms with Crippen LogP contribution in [0.3, 0.4) is 0 Å². The molecular formula is C24H34N6OS. The summed E-state index contributed by atoms with van der Waals surface area (Å²) in [5.74, 6) is -0.103. The van der Waals surface area contributed by atoms with Crippen molar-refractivity contribution in [2.45, 2.75) is 45.1 Å². The van der Waals surface area contributed by atoms with Crippen molar-refractivity contribution < 1.29 is 4.79 Å². The number of likely N-dealkylation sites (N-methyl/N-ethyl adjacent to an activating group) is 1. The van der Waals surface area contributed by atoms with Gasteiger partial charge in [0.25, 0.3) is 5.91 Å². The Balaban J connectivity index is 1.34. The molecule has 0 saturated carbocycles. The number of hydrogen-bond acceptors (Lipinski definition) is 6. The van der Waals surface area contributed by atoms with E-state index in [0.717, 1.165) is 75.4 Å². The summed E-state index contributed by atoms with van der Waals surface area (Å²) >= 11 is 1.43. The van der Waals surface area contributed by atoms with Crippen molar-refractivity contribution >= 4 is 28.1 Å². The number of carbonyl (C=O) groups excluding carboxylic acids is 1. The molecule has 32 heavy (non-hydrogen) atoms. The first-order chi connectivity index (χ1) is 15.6. The third-order valence-electron chi connectivity index (χ3n) is 6.28. The fourth-order valence-electron chi connectivity index (χ4n) is 4.26. The maximum absolute atomic E-state index is 12.9. The summed E-state index contributed by atoms with van der Waals surface area (Å²) in [4.78, 5) is 21.1. The third-order valence-corrected chi connectivity index (χ3v) is 7.26. The molecule has 2 N–H and O–H groups in total. The molecule has 1 saturated heterocycles. The van der Waals surface area contributed by atoms with E-state index in [-0.39, 0.29) is 11.9 Å². The number of benzene rings is 1. The number of unbranched alkanes of at least 4 members (excludes halogenated alkanes) is 1. The van der Waals surface area contributed by atoms with Gasteiger partial charge in [0, 0.05) is 62.3 Å². The van der Waals surface area contributed by atoms with Gasteiger partial charge in [-0.3, -0.25) is 4.79 Å². The normalized spacial score (nSPS) is 16.4. The van der Waals surface area contributed by atoms with Crippen LogP contribution in [0.5, 0.6) is 0 Å². The average Bonchev–Trinajstić information content (AvgIpc) is 3.45. The van der Waals surface area contributed by atoms with Gasteiger partial charge in [-0.2, -0.15) is 0 Å². The Morgan fingerprint density at radius 2 is 2.03 bits per heavy atom. The minimum Gasteiger partial charge on any atom is -0.361 e. The third kappa shape index (κ3) is 5.94. The number of aromatic nitrogens is 3. The van der Waals surface area contributed by atoms with Gasteiger partial charge in [0.05, 0.1) is 0 Å². The van der Waals surface area contributed by atoms with E-state index in [1.54, 1.807) is 0 Å². The van der Waals surface area contributed by atoms with E-state index in [1.165, 1.54) is 22.3 Å². The average molecular weight is 455 g/mol. The lowest BCUT2D eigenvalue weighted by Crippen LogP contribution is -2.45. The highest BCUT2D eigenvalue weighted by molar-refractivity contribution is 7.13. The second-order valence-corrected chi connectivity index (χ2v) is 9.83. The van der Waals surface area contributed by atoms with Gasteiger partial charge in [-0.15, -0.1) is 10.2 Å². The Kier molecular flexibility index (Phi) is 7.89. The molecule has 7 nitrogen and oxygen atoms in total. The second-order valence-electron chi connectivity index (χ2n) is 8.77. The number of rotatable bonds is 10. The van der Waals surface area contributed by atoms with Gasteiger partial charge in [0.2, 0.25) is 5.01 Å². The molecule has 1 fully saturated rings. The Morgan fingerprint density at radius 1 is 1.22 bits per heavy atom. The smallest absolute Gasteiger partial charge is 0.282 e. The van der Waals surface area contributed by atoms with Gasteiger partial charge in [-0.25, -0.2) is 0 Å². The van der Waals surface area contributed by atoms with Crippen molar-refractivity contribution in [3.63, 3.8) is 0 Å². The monoisotopic (exact) mass is 454 g/mol. The highest BCUT2D eigenvalue weighted by Gasteiger charge is 2.20. The number of para-hydroxylation sites is 1. The molecule has 3 aromatic rings. The Labute approximate surface area is 194 Å². The summed E-state index contributed by atoms with van der Waals surface area (Å²) < 4.78 is 0. The number of piperazine rings is 1. The predicted octanol–water partition coefficient (Wildman–Crippen LogP) is 3.34. The van der Waals surface area contributed by atoms with Crippen LogP contribution in [-0.2, 0) is 12.8 Å². The summed E-state index contributed by atoms with van der Waals surface area (Å²) in [5.41, 5.74) is 2.38. The molecule has 2 aromatic heterocycles. The molecular weight excluding hydrogens is 420 g/mol. The van der Waals surface area contributed by atoms with Gasteiger partial charge in [0.15, 0.2) is 0 Å². The van der Waals surface area contributed by atoms with Crippen molar-refractivity contribution in [1.82, 2.24) is 30.3 Å². The fraction of sp³-hybridized carbons (Fsp3) is 0.542. The lowest BCUT2D eigenvalue weighted by molar-refractivity contribution is 0.0933. The van der Waals surface area contributed by atoms with Crippen LogP contribution in [0.1, 0.15) is 46.6 Å². The van der Waals surface area contributed by atoms with Crippen LogP contribution in [0.25, 0.3) is 10.9 Å². The Bertz CT molecular complexity index is 1010. The molecule has 0 aliphatic carbocycles. The minimum absolute atomic E-state index is 0.0827. The van der Waals surface area contributed by atoms with Crippen LogP contribution in [0.15, 0.2) is 30.5 Å². The number of nitrogens with zero attached hydrogens (tertiary/aromatic N) is 4. The molecule has 1 atom stereocenters. The van der Waals surface area contributed by atoms with Crippen molar-refractivity contribution in [3.05, 3.63) is 46.0 Å². The molecule has 1 aliphatic rings.